The van der Waals surface area contributed by atoms with Crippen LogP contribution in [-0.4, -0.2) is 32.9 Å². The molecular weight excluding hydrogens is 216 g/mol. The monoisotopic (exact) mass is 232 g/mol. The van der Waals surface area contributed by atoms with Crippen LogP contribution < -0.4 is 0 Å². The fourth-order valence-electron chi connectivity index (χ4n) is 0.348. The van der Waals surface area contributed by atoms with Crippen LogP contribution in [0.3, 0.4) is 0 Å². The molecule has 0 aromatic heterocycles. The van der Waals surface area contributed by atoms with Crippen molar-refractivity contribution in [2.75, 3.05) is 0 Å². The third kappa shape index (κ3) is 8.95. The zero-order chi connectivity index (χ0) is 11.7. The van der Waals surface area contributed by atoms with Crippen molar-refractivity contribution in [2.24, 2.45) is 0 Å². The van der Waals surface area contributed by atoms with Crippen molar-refractivity contribution in [3.8, 4) is 0 Å². The Kier molecular flexibility index (Phi) is 9.26. The Morgan fingerprint density at radius 1 is 0.929 bits per heavy atom. The van der Waals surface area contributed by atoms with Gasteiger partial charge in [0.25, 0.3) is 0 Å². The van der Waals surface area contributed by atoms with Crippen LogP contribution in [0.4, 0.5) is 0 Å². The molecule has 0 atom stereocenters. The highest BCUT2D eigenvalue weighted by Crippen LogP contribution is 1.87. The first-order valence-corrected chi connectivity index (χ1v) is 5.47. The lowest BCUT2D eigenvalue weighted by Gasteiger charge is -1.92. The Hall–Kier alpha value is -1.15. The maximum atomic E-state index is 10.2. The average Bonchev–Trinajstić information content (AvgIpc) is 2.15. The van der Waals surface area contributed by atoms with E-state index in [4.69, 9.17) is 0 Å². The number of hydrogen-bond donors (Lipinski definition) is 0. The standard InChI is InChI=1S/2C4H8O2Si/c2*1-3(2)4(5)6-7/h2*1H2,2,7H3. The van der Waals surface area contributed by atoms with Crippen molar-refractivity contribution in [3.05, 3.63) is 24.3 Å². The second-order valence-electron chi connectivity index (χ2n) is 2.54. The van der Waals surface area contributed by atoms with E-state index >= 15 is 0 Å². The fourth-order valence-corrected chi connectivity index (χ4v) is 1.05. The SMILES string of the molecule is C=C(C)C(=O)O[SiH3].C=C(C)C(=O)O[SiH3]. The predicted octanol–water partition coefficient (Wildman–Crippen LogP) is -1.23. The van der Waals surface area contributed by atoms with Crippen LogP contribution in [0.25, 0.3) is 0 Å². The smallest absolute Gasteiger partial charge is 0.319 e. The van der Waals surface area contributed by atoms with Crippen LogP contribution in [0, 0.1) is 0 Å². The molecule has 0 bridgehead atoms. The quantitative estimate of drug-likeness (QED) is 0.442. The van der Waals surface area contributed by atoms with Gasteiger partial charge in [-0.05, 0) is 13.8 Å². The number of carbonyl (C=O) groups is 2. The van der Waals surface area contributed by atoms with Gasteiger partial charge in [-0.3, -0.25) is 0 Å². The van der Waals surface area contributed by atoms with Crippen LogP contribution in [0.1, 0.15) is 13.8 Å². The number of rotatable bonds is 2. The largest absolute Gasteiger partial charge is 0.526 e. The van der Waals surface area contributed by atoms with Gasteiger partial charge in [-0.1, -0.05) is 13.2 Å². The van der Waals surface area contributed by atoms with E-state index in [9.17, 15) is 9.59 Å². The molecule has 0 fully saturated rings. The first-order chi connectivity index (χ1) is 6.36. The Labute approximate surface area is 90.1 Å². The van der Waals surface area contributed by atoms with Gasteiger partial charge >= 0.3 is 11.9 Å². The maximum absolute atomic E-state index is 10.2. The summed E-state index contributed by atoms with van der Waals surface area (Å²) in [6.45, 7) is 10.00. The van der Waals surface area contributed by atoms with Gasteiger partial charge in [0.05, 0.1) is 0 Å². The van der Waals surface area contributed by atoms with Crippen LogP contribution >= 0.6 is 0 Å². The first-order valence-electron chi connectivity index (χ1n) is 3.84. The minimum atomic E-state index is -0.285. The molecule has 0 aromatic carbocycles. The summed E-state index contributed by atoms with van der Waals surface area (Å²) in [5, 5.41) is 0. The summed E-state index contributed by atoms with van der Waals surface area (Å²) in [6, 6.07) is 0. The zero-order valence-corrected chi connectivity index (χ0v) is 13.0. The van der Waals surface area contributed by atoms with Crippen molar-refractivity contribution >= 4 is 32.9 Å². The van der Waals surface area contributed by atoms with E-state index in [1.165, 1.54) is 0 Å². The highest BCUT2D eigenvalue weighted by atomic mass is 28.2. The second kappa shape index (κ2) is 8.45. The van der Waals surface area contributed by atoms with Gasteiger partial charge in [0.15, 0.2) is 0 Å². The lowest BCUT2D eigenvalue weighted by molar-refractivity contribution is -0.130. The maximum Gasteiger partial charge on any atom is 0.319 e. The molecule has 4 nitrogen and oxygen atoms in total. The molecule has 0 spiro atoms. The molecule has 0 amide bonds. The summed E-state index contributed by atoms with van der Waals surface area (Å²) < 4.78 is 8.82. The Balaban J connectivity index is 0. The topological polar surface area (TPSA) is 52.6 Å². The second-order valence-corrected chi connectivity index (χ2v) is 3.36. The third-order valence-corrected chi connectivity index (χ3v) is 1.81. The summed E-state index contributed by atoms with van der Waals surface area (Å²) in [5.41, 5.74) is 0.935. The summed E-state index contributed by atoms with van der Waals surface area (Å²) in [5.74, 6) is -0.571. The summed E-state index contributed by atoms with van der Waals surface area (Å²) >= 11 is 0. The molecule has 0 aliphatic heterocycles. The fraction of sp³-hybridized carbons (Fsp3) is 0.250. The Morgan fingerprint density at radius 3 is 1.14 bits per heavy atom. The van der Waals surface area contributed by atoms with E-state index in [1.54, 1.807) is 13.8 Å². The summed E-state index contributed by atoms with van der Waals surface area (Å²) in [6.07, 6.45) is 0. The molecule has 14 heavy (non-hydrogen) atoms. The molecule has 6 heteroatoms. The van der Waals surface area contributed by atoms with Crippen molar-refractivity contribution < 1.29 is 18.4 Å². The molecular formula is C8H16O4Si2. The van der Waals surface area contributed by atoms with E-state index in [1.807, 2.05) is 0 Å². The van der Waals surface area contributed by atoms with Crippen molar-refractivity contribution in [2.45, 2.75) is 13.8 Å². The van der Waals surface area contributed by atoms with E-state index < -0.39 is 0 Å². The van der Waals surface area contributed by atoms with E-state index in [0.717, 1.165) is 0 Å². The summed E-state index contributed by atoms with van der Waals surface area (Å²) in [4.78, 5) is 20.4. The third-order valence-electron chi connectivity index (χ3n) is 1.07. The highest BCUT2D eigenvalue weighted by molar-refractivity contribution is 6.09. The molecule has 0 unspecified atom stereocenters. The van der Waals surface area contributed by atoms with Gasteiger partial charge in [-0.2, -0.15) is 0 Å². The first kappa shape index (κ1) is 15.3. The minimum absolute atomic E-state index is 0.285. The molecule has 0 aromatic rings. The zero-order valence-electron chi connectivity index (χ0n) is 9.05. The van der Waals surface area contributed by atoms with Gasteiger partial charge in [0.2, 0.25) is 21.0 Å². The molecule has 0 heterocycles. The molecule has 0 aliphatic carbocycles. The molecule has 0 saturated carbocycles. The minimum Gasteiger partial charge on any atom is -0.526 e. The molecule has 0 aliphatic rings. The van der Waals surface area contributed by atoms with Gasteiger partial charge < -0.3 is 8.85 Å². The number of hydrogen-bond acceptors (Lipinski definition) is 4. The average molecular weight is 232 g/mol. The predicted molar refractivity (Wildman–Crippen MR) is 61.7 cm³/mol. The highest BCUT2D eigenvalue weighted by Gasteiger charge is 1.95. The van der Waals surface area contributed by atoms with E-state index in [-0.39, 0.29) is 11.9 Å². The van der Waals surface area contributed by atoms with Crippen molar-refractivity contribution in [1.82, 2.24) is 0 Å². The Bertz CT molecular complexity index is 222. The molecule has 0 saturated heterocycles. The van der Waals surface area contributed by atoms with Crippen molar-refractivity contribution in [3.63, 3.8) is 0 Å². The van der Waals surface area contributed by atoms with Crippen LogP contribution in [0.2, 0.25) is 0 Å². The van der Waals surface area contributed by atoms with Gasteiger partial charge in [-0.15, -0.1) is 0 Å². The van der Waals surface area contributed by atoms with Gasteiger partial charge in [-0.25, -0.2) is 9.59 Å². The lowest BCUT2D eigenvalue weighted by atomic mass is 10.4. The van der Waals surface area contributed by atoms with Crippen LogP contribution in [0.5, 0.6) is 0 Å². The van der Waals surface area contributed by atoms with Gasteiger partial charge in [0.1, 0.15) is 0 Å². The normalized spacial score (nSPS) is 8.14. The van der Waals surface area contributed by atoms with E-state index in [0.29, 0.717) is 32.1 Å². The van der Waals surface area contributed by atoms with E-state index in [2.05, 4.69) is 22.0 Å². The molecule has 0 rings (SSSR count). The molecule has 0 radical (unpaired) electrons. The molecule has 0 N–H and O–H groups in total. The van der Waals surface area contributed by atoms with Crippen LogP contribution in [0.15, 0.2) is 24.3 Å². The van der Waals surface area contributed by atoms with Crippen LogP contribution in [-0.2, 0) is 18.4 Å². The van der Waals surface area contributed by atoms with Crippen molar-refractivity contribution in [1.29, 1.82) is 0 Å². The molecule has 80 valence electrons. The number of carbonyl (C=O) groups excluding carboxylic acids is 2. The van der Waals surface area contributed by atoms with Gasteiger partial charge in [0, 0.05) is 11.1 Å². The lowest BCUT2D eigenvalue weighted by Crippen LogP contribution is -2.00. The Morgan fingerprint density at radius 2 is 1.14 bits per heavy atom. The summed E-state index contributed by atoms with van der Waals surface area (Å²) in [7, 11) is 0.921.